The standard InChI is InChI=1S/C10H12NO2PS2/c1-12-8-2-4-9(5-3-8)14(16)11-10(15)6-7-13-14/h2-5H,6-7H2,1H3,(H,11,15,16). The second-order valence-corrected chi connectivity index (χ2v) is 7.50. The first kappa shape index (κ1) is 12.0. The van der Waals surface area contributed by atoms with Gasteiger partial charge in [-0.05, 0) is 36.1 Å². The Bertz CT molecular complexity index is 447. The van der Waals surface area contributed by atoms with E-state index >= 15 is 0 Å². The summed E-state index contributed by atoms with van der Waals surface area (Å²) in [6.45, 7) is 0.606. The Balaban J connectivity index is 2.28. The number of methoxy groups -OCH3 is 1. The number of hydrogen-bond acceptors (Lipinski definition) is 4. The van der Waals surface area contributed by atoms with Crippen LogP contribution in [0.4, 0.5) is 0 Å². The maximum Gasteiger partial charge on any atom is 0.183 e. The molecule has 86 valence electrons. The molecule has 1 aliphatic heterocycles. The Morgan fingerprint density at radius 1 is 1.38 bits per heavy atom. The molecule has 0 radical (unpaired) electrons. The van der Waals surface area contributed by atoms with E-state index in [1.165, 1.54) is 0 Å². The van der Waals surface area contributed by atoms with Gasteiger partial charge in [-0.15, -0.1) is 0 Å². The van der Waals surface area contributed by atoms with Crippen molar-refractivity contribution in [1.29, 1.82) is 0 Å². The molecule has 1 fully saturated rings. The Hall–Kier alpha value is -0.480. The molecule has 1 atom stereocenters. The summed E-state index contributed by atoms with van der Waals surface area (Å²) in [6.07, 6.45) is -1.41. The van der Waals surface area contributed by atoms with Gasteiger partial charge in [0.15, 0.2) is 6.42 Å². The van der Waals surface area contributed by atoms with Crippen molar-refractivity contribution in [3.05, 3.63) is 24.3 Å². The molecular formula is C10H12NO2PS2. The predicted molar refractivity (Wildman–Crippen MR) is 73.2 cm³/mol. The van der Waals surface area contributed by atoms with Crippen molar-refractivity contribution >= 4 is 40.7 Å². The van der Waals surface area contributed by atoms with Gasteiger partial charge in [-0.2, -0.15) is 0 Å². The molecule has 16 heavy (non-hydrogen) atoms. The van der Waals surface area contributed by atoms with Crippen LogP contribution in [0.25, 0.3) is 0 Å². The average Bonchev–Trinajstić information content (AvgIpc) is 2.29. The summed E-state index contributed by atoms with van der Waals surface area (Å²) >= 11 is 10.7. The molecule has 1 aromatic rings. The number of nitrogens with one attached hydrogen (secondary N) is 1. The van der Waals surface area contributed by atoms with Crippen molar-refractivity contribution in [3.63, 3.8) is 0 Å². The Labute approximate surface area is 105 Å². The zero-order chi connectivity index (χ0) is 11.6. The summed E-state index contributed by atoms with van der Waals surface area (Å²) in [5.41, 5.74) is 0. The van der Waals surface area contributed by atoms with Crippen LogP contribution in [0.15, 0.2) is 24.3 Å². The van der Waals surface area contributed by atoms with Gasteiger partial charge in [-0.3, -0.25) is 0 Å². The predicted octanol–water partition coefficient (Wildman–Crippen LogP) is 1.97. The molecule has 2 rings (SSSR count). The van der Waals surface area contributed by atoms with E-state index in [-0.39, 0.29) is 0 Å². The van der Waals surface area contributed by atoms with Gasteiger partial charge in [0.25, 0.3) is 0 Å². The lowest BCUT2D eigenvalue weighted by atomic mass is 10.3. The smallest absolute Gasteiger partial charge is 0.183 e. The first-order valence-corrected chi connectivity index (χ1v) is 7.97. The van der Waals surface area contributed by atoms with Crippen LogP contribution in [0, 0.1) is 0 Å². The summed E-state index contributed by atoms with van der Waals surface area (Å²) < 4.78 is 10.8. The average molecular weight is 273 g/mol. The highest BCUT2D eigenvalue weighted by molar-refractivity contribution is 8.15. The van der Waals surface area contributed by atoms with Gasteiger partial charge in [0, 0.05) is 11.7 Å². The fourth-order valence-corrected chi connectivity index (χ4v) is 4.67. The highest BCUT2D eigenvalue weighted by atomic mass is 32.4. The van der Waals surface area contributed by atoms with Gasteiger partial charge >= 0.3 is 0 Å². The molecule has 1 heterocycles. The third-order valence-electron chi connectivity index (χ3n) is 2.29. The lowest BCUT2D eigenvalue weighted by Crippen LogP contribution is -2.31. The van der Waals surface area contributed by atoms with Gasteiger partial charge in [0.1, 0.15) is 5.75 Å². The summed E-state index contributed by atoms with van der Waals surface area (Å²) in [6, 6.07) is 7.62. The zero-order valence-electron chi connectivity index (χ0n) is 8.80. The van der Waals surface area contributed by atoms with Gasteiger partial charge < -0.3 is 14.3 Å². The number of thiocarbonyl (C=S) groups is 1. The summed E-state index contributed by atoms with van der Waals surface area (Å²) in [4.78, 5) is 0.797. The molecule has 1 aliphatic rings. The van der Waals surface area contributed by atoms with Crippen molar-refractivity contribution in [2.24, 2.45) is 0 Å². The minimum atomic E-state index is -2.17. The number of ether oxygens (including phenoxy) is 1. The second kappa shape index (κ2) is 4.80. The van der Waals surface area contributed by atoms with Crippen LogP contribution in [0.5, 0.6) is 5.75 Å². The van der Waals surface area contributed by atoms with Crippen LogP contribution < -0.4 is 15.1 Å². The van der Waals surface area contributed by atoms with E-state index in [1.807, 2.05) is 24.3 Å². The molecule has 0 spiro atoms. The molecule has 1 unspecified atom stereocenters. The van der Waals surface area contributed by atoms with Gasteiger partial charge in [-0.25, -0.2) is 0 Å². The first-order chi connectivity index (χ1) is 7.64. The third-order valence-corrected chi connectivity index (χ3v) is 6.05. The monoisotopic (exact) mass is 273 g/mol. The van der Waals surface area contributed by atoms with E-state index in [1.54, 1.807) is 7.11 Å². The van der Waals surface area contributed by atoms with Crippen molar-refractivity contribution in [3.8, 4) is 5.75 Å². The van der Waals surface area contributed by atoms with E-state index in [2.05, 4.69) is 5.09 Å². The molecule has 6 heteroatoms. The topological polar surface area (TPSA) is 30.5 Å². The van der Waals surface area contributed by atoms with E-state index in [4.69, 9.17) is 33.3 Å². The van der Waals surface area contributed by atoms with Crippen LogP contribution in [-0.2, 0) is 16.3 Å². The largest absolute Gasteiger partial charge is 0.497 e. The Morgan fingerprint density at radius 3 is 2.62 bits per heavy atom. The lowest BCUT2D eigenvalue weighted by molar-refractivity contribution is 0.356. The van der Waals surface area contributed by atoms with E-state index in [9.17, 15) is 0 Å². The quantitative estimate of drug-likeness (QED) is 0.657. The molecule has 0 aliphatic carbocycles. The maximum atomic E-state index is 5.68. The van der Waals surface area contributed by atoms with Crippen molar-refractivity contribution in [2.45, 2.75) is 6.42 Å². The van der Waals surface area contributed by atoms with Crippen LogP contribution >= 0.6 is 18.6 Å². The number of benzene rings is 1. The van der Waals surface area contributed by atoms with E-state index < -0.39 is 6.42 Å². The van der Waals surface area contributed by atoms with Crippen LogP contribution in [-0.4, -0.2) is 18.7 Å². The minimum Gasteiger partial charge on any atom is -0.497 e. The first-order valence-electron chi connectivity index (χ1n) is 4.84. The molecule has 0 saturated carbocycles. The van der Waals surface area contributed by atoms with Gasteiger partial charge in [0.05, 0.1) is 18.7 Å². The van der Waals surface area contributed by atoms with E-state index in [0.29, 0.717) is 6.61 Å². The Kier molecular flexibility index (Phi) is 3.60. The second-order valence-electron chi connectivity index (χ2n) is 3.37. The zero-order valence-corrected chi connectivity index (χ0v) is 11.3. The van der Waals surface area contributed by atoms with Crippen LogP contribution in [0.2, 0.25) is 0 Å². The van der Waals surface area contributed by atoms with Crippen molar-refractivity contribution in [2.75, 3.05) is 13.7 Å². The minimum absolute atomic E-state index is 0.606. The highest BCUT2D eigenvalue weighted by Crippen LogP contribution is 2.44. The Morgan fingerprint density at radius 2 is 2.06 bits per heavy atom. The molecule has 0 aromatic heterocycles. The van der Waals surface area contributed by atoms with Crippen LogP contribution in [0.3, 0.4) is 0 Å². The normalized spacial score (nSPS) is 24.9. The molecule has 1 aromatic carbocycles. The van der Waals surface area contributed by atoms with E-state index in [0.717, 1.165) is 22.5 Å². The number of rotatable bonds is 2. The molecule has 3 nitrogen and oxygen atoms in total. The fraction of sp³-hybridized carbons (Fsp3) is 0.300. The third kappa shape index (κ3) is 2.43. The summed E-state index contributed by atoms with van der Waals surface area (Å²) in [5.74, 6) is 0.810. The molecule has 1 N–H and O–H groups in total. The molecule has 0 amide bonds. The van der Waals surface area contributed by atoms with Crippen LogP contribution in [0.1, 0.15) is 6.42 Å². The molecular weight excluding hydrogens is 261 g/mol. The van der Waals surface area contributed by atoms with Gasteiger partial charge in [0.2, 0.25) is 0 Å². The highest BCUT2D eigenvalue weighted by Gasteiger charge is 2.25. The fourth-order valence-electron chi connectivity index (χ4n) is 1.44. The van der Waals surface area contributed by atoms with Crippen molar-refractivity contribution in [1.82, 2.24) is 5.09 Å². The molecule has 1 saturated heterocycles. The maximum absolute atomic E-state index is 5.68. The van der Waals surface area contributed by atoms with Gasteiger partial charge in [-0.1, -0.05) is 12.2 Å². The lowest BCUT2D eigenvalue weighted by Gasteiger charge is -2.29. The summed E-state index contributed by atoms with van der Waals surface area (Å²) in [7, 11) is 1.64. The number of hydrogen-bond donors (Lipinski definition) is 1. The summed E-state index contributed by atoms with van der Waals surface area (Å²) in [5, 5.41) is 4.12. The molecule has 0 bridgehead atoms. The van der Waals surface area contributed by atoms with Crippen molar-refractivity contribution < 1.29 is 9.26 Å². The SMILES string of the molecule is COc1ccc(P2(=S)NC(=S)CCO2)cc1.